The van der Waals surface area contributed by atoms with Crippen LogP contribution >= 0.6 is 39.3 Å². The summed E-state index contributed by atoms with van der Waals surface area (Å²) in [6.45, 7) is 0.498. The van der Waals surface area contributed by atoms with E-state index in [4.69, 9.17) is 21.4 Å². The Hall–Kier alpha value is -0.430. The molecule has 0 aromatic heterocycles. The van der Waals surface area contributed by atoms with Crippen LogP contribution < -0.4 is 10.1 Å². The number of hydrogen-bond acceptors (Lipinski definition) is 4. The van der Waals surface area contributed by atoms with Gasteiger partial charge in [-0.2, -0.15) is 0 Å². The predicted octanol–water partition coefficient (Wildman–Crippen LogP) is 2.99. The number of carboxylic acids is 1. The number of carboxylic acid groups (broad SMARTS) is 1. The van der Waals surface area contributed by atoms with E-state index in [1.54, 1.807) is 17.8 Å². The molecule has 0 bridgehead atoms. The summed E-state index contributed by atoms with van der Waals surface area (Å²) in [6.07, 6.45) is 0.737. The summed E-state index contributed by atoms with van der Waals surface area (Å²) in [7, 11) is 0. The fourth-order valence-corrected chi connectivity index (χ4v) is 3.63. The zero-order valence-electron chi connectivity index (χ0n) is 9.94. The first kappa shape index (κ1) is 15.0. The summed E-state index contributed by atoms with van der Waals surface area (Å²) in [5.41, 5.74) is 0. The second-order valence-corrected chi connectivity index (χ2v) is 6.65. The summed E-state index contributed by atoms with van der Waals surface area (Å²) >= 11 is 11.0. The lowest BCUT2D eigenvalue weighted by Gasteiger charge is -2.12. The number of halogens is 2. The van der Waals surface area contributed by atoms with Crippen LogP contribution in [-0.4, -0.2) is 34.9 Å². The molecular formula is C12H13BrClNO3S. The van der Waals surface area contributed by atoms with Crippen molar-refractivity contribution in [1.82, 2.24) is 5.32 Å². The van der Waals surface area contributed by atoms with Gasteiger partial charge in [-0.15, -0.1) is 11.8 Å². The van der Waals surface area contributed by atoms with E-state index in [-0.39, 0.29) is 5.37 Å². The maximum atomic E-state index is 10.8. The van der Waals surface area contributed by atoms with Crippen LogP contribution in [0.5, 0.6) is 5.75 Å². The van der Waals surface area contributed by atoms with E-state index in [0.717, 1.165) is 10.9 Å². The zero-order chi connectivity index (χ0) is 13.8. The van der Waals surface area contributed by atoms with Gasteiger partial charge >= 0.3 is 5.97 Å². The van der Waals surface area contributed by atoms with E-state index < -0.39 is 12.0 Å². The van der Waals surface area contributed by atoms with Gasteiger partial charge in [0.05, 0.1) is 17.0 Å². The molecule has 0 spiro atoms. The van der Waals surface area contributed by atoms with Gasteiger partial charge in [0.2, 0.25) is 0 Å². The molecule has 2 unspecified atom stereocenters. The molecule has 0 amide bonds. The van der Waals surface area contributed by atoms with Crippen LogP contribution in [0.1, 0.15) is 6.42 Å². The van der Waals surface area contributed by atoms with Crippen molar-refractivity contribution in [3.8, 4) is 5.75 Å². The summed E-state index contributed by atoms with van der Waals surface area (Å²) in [4.78, 5) is 10.8. The lowest BCUT2D eigenvalue weighted by molar-refractivity contribution is -0.138. The number of benzene rings is 1. The number of nitrogens with one attached hydrogen (secondary N) is 1. The molecule has 2 N–H and O–H groups in total. The lowest BCUT2D eigenvalue weighted by Crippen LogP contribution is -2.37. The topological polar surface area (TPSA) is 58.6 Å². The van der Waals surface area contributed by atoms with E-state index in [2.05, 4.69) is 21.2 Å². The zero-order valence-corrected chi connectivity index (χ0v) is 13.1. The highest BCUT2D eigenvalue weighted by molar-refractivity contribution is 9.10. The van der Waals surface area contributed by atoms with Crippen LogP contribution in [0.25, 0.3) is 0 Å². The highest BCUT2D eigenvalue weighted by Crippen LogP contribution is 2.28. The number of rotatable bonds is 5. The normalized spacial score (nSPS) is 22.4. The molecule has 1 aromatic carbocycles. The second kappa shape index (κ2) is 6.83. The molecule has 1 aromatic rings. The van der Waals surface area contributed by atoms with Crippen LogP contribution in [-0.2, 0) is 4.79 Å². The van der Waals surface area contributed by atoms with Crippen molar-refractivity contribution in [3.63, 3.8) is 0 Å². The highest BCUT2D eigenvalue weighted by atomic mass is 79.9. The monoisotopic (exact) mass is 365 g/mol. The van der Waals surface area contributed by atoms with Crippen molar-refractivity contribution >= 4 is 45.3 Å². The Labute approximate surface area is 129 Å². The SMILES string of the molecule is O=C(O)C1CSC(CCOc2ccc(Br)cc2Cl)N1. The number of carbonyl (C=O) groups is 1. The molecule has 2 rings (SSSR count). The largest absolute Gasteiger partial charge is 0.492 e. The first-order valence-corrected chi connectivity index (χ1v) is 7.96. The van der Waals surface area contributed by atoms with Gasteiger partial charge in [-0.05, 0) is 18.2 Å². The molecule has 0 radical (unpaired) electrons. The van der Waals surface area contributed by atoms with Gasteiger partial charge in [0, 0.05) is 16.6 Å². The third kappa shape index (κ3) is 4.27. The first-order valence-electron chi connectivity index (χ1n) is 5.74. The minimum absolute atomic E-state index is 0.121. The minimum atomic E-state index is -0.799. The van der Waals surface area contributed by atoms with E-state index >= 15 is 0 Å². The number of aliphatic carboxylic acids is 1. The van der Waals surface area contributed by atoms with Gasteiger partial charge in [-0.1, -0.05) is 27.5 Å². The maximum Gasteiger partial charge on any atom is 0.321 e. The van der Waals surface area contributed by atoms with Crippen molar-refractivity contribution < 1.29 is 14.6 Å². The molecule has 4 nitrogen and oxygen atoms in total. The average molecular weight is 367 g/mol. The smallest absolute Gasteiger partial charge is 0.321 e. The van der Waals surface area contributed by atoms with Crippen LogP contribution in [0.3, 0.4) is 0 Å². The molecule has 1 aliphatic rings. The van der Waals surface area contributed by atoms with Gasteiger partial charge in [-0.25, -0.2) is 0 Å². The van der Waals surface area contributed by atoms with Crippen molar-refractivity contribution in [3.05, 3.63) is 27.7 Å². The molecule has 0 aliphatic carbocycles. The van der Waals surface area contributed by atoms with Crippen molar-refractivity contribution in [2.45, 2.75) is 17.8 Å². The molecule has 104 valence electrons. The Morgan fingerprint density at radius 2 is 2.42 bits per heavy atom. The Kier molecular flexibility index (Phi) is 5.38. The van der Waals surface area contributed by atoms with Gasteiger partial charge < -0.3 is 9.84 Å². The van der Waals surface area contributed by atoms with E-state index in [1.165, 1.54) is 0 Å². The van der Waals surface area contributed by atoms with Crippen molar-refractivity contribution in [1.29, 1.82) is 0 Å². The fourth-order valence-electron chi connectivity index (χ4n) is 1.71. The Morgan fingerprint density at radius 1 is 1.63 bits per heavy atom. The van der Waals surface area contributed by atoms with Crippen molar-refractivity contribution in [2.24, 2.45) is 0 Å². The molecule has 2 atom stereocenters. The second-order valence-electron chi connectivity index (χ2n) is 4.09. The maximum absolute atomic E-state index is 10.8. The minimum Gasteiger partial charge on any atom is -0.492 e. The predicted molar refractivity (Wildman–Crippen MR) is 80.1 cm³/mol. The average Bonchev–Trinajstić information content (AvgIpc) is 2.81. The summed E-state index contributed by atoms with van der Waals surface area (Å²) in [5.74, 6) is 0.438. The van der Waals surface area contributed by atoms with Gasteiger partial charge in [0.15, 0.2) is 0 Å². The number of hydrogen-bond donors (Lipinski definition) is 2. The first-order chi connectivity index (χ1) is 9.06. The summed E-state index contributed by atoms with van der Waals surface area (Å²) in [5, 5.41) is 12.6. The fraction of sp³-hybridized carbons (Fsp3) is 0.417. The van der Waals surface area contributed by atoms with E-state index in [1.807, 2.05) is 12.1 Å². The molecule has 1 aliphatic heterocycles. The third-order valence-electron chi connectivity index (χ3n) is 2.68. The van der Waals surface area contributed by atoms with E-state index in [0.29, 0.717) is 23.1 Å². The van der Waals surface area contributed by atoms with Gasteiger partial charge in [0.1, 0.15) is 11.8 Å². The molecule has 1 saturated heterocycles. The summed E-state index contributed by atoms with van der Waals surface area (Å²) < 4.78 is 6.50. The van der Waals surface area contributed by atoms with Crippen LogP contribution in [0.2, 0.25) is 5.02 Å². The highest BCUT2D eigenvalue weighted by Gasteiger charge is 2.29. The summed E-state index contributed by atoms with van der Waals surface area (Å²) in [6, 6.07) is 5.00. The lowest BCUT2D eigenvalue weighted by atomic mass is 10.3. The Balaban J connectivity index is 1.77. The van der Waals surface area contributed by atoms with Crippen LogP contribution in [0, 0.1) is 0 Å². The Bertz CT molecular complexity index is 474. The molecule has 1 heterocycles. The quantitative estimate of drug-likeness (QED) is 0.839. The molecule has 7 heteroatoms. The standard InChI is InChI=1S/C12H13BrClNO3S/c13-7-1-2-10(8(14)5-7)18-4-3-11-15-9(6-19-11)12(16)17/h1-2,5,9,11,15H,3-4,6H2,(H,16,17). The van der Waals surface area contributed by atoms with Crippen LogP contribution in [0.15, 0.2) is 22.7 Å². The molecule has 0 saturated carbocycles. The molecule has 19 heavy (non-hydrogen) atoms. The van der Waals surface area contributed by atoms with Gasteiger partial charge in [-0.3, -0.25) is 10.1 Å². The van der Waals surface area contributed by atoms with Crippen molar-refractivity contribution in [2.75, 3.05) is 12.4 Å². The Morgan fingerprint density at radius 3 is 3.05 bits per heavy atom. The van der Waals surface area contributed by atoms with Gasteiger partial charge in [0.25, 0.3) is 0 Å². The number of thioether (sulfide) groups is 1. The number of ether oxygens (including phenoxy) is 1. The van der Waals surface area contributed by atoms with Crippen LogP contribution in [0.4, 0.5) is 0 Å². The van der Waals surface area contributed by atoms with E-state index in [9.17, 15) is 4.79 Å². The molecule has 1 fully saturated rings. The molecular weight excluding hydrogens is 354 g/mol. The third-order valence-corrected chi connectivity index (χ3v) is 4.77.